The quantitative estimate of drug-likeness (QED) is 0.602. The number of hydrogen-bond acceptors (Lipinski definition) is 4. The predicted molar refractivity (Wildman–Crippen MR) is 76.7 cm³/mol. The van der Waals surface area contributed by atoms with E-state index in [4.69, 9.17) is 5.11 Å². The van der Waals surface area contributed by atoms with Gasteiger partial charge in [-0.25, -0.2) is 13.1 Å². The minimum atomic E-state index is -3.46. The molecule has 0 heterocycles. The van der Waals surface area contributed by atoms with Gasteiger partial charge in [0.25, 0.3) is 0 Å². The summed E-state index contributed by atoms with van der Waals surface area (Å²) in [6, 6.07) is 6.85. The number of para-hydroxylation sites is 1. The molecular formula is C13H22N2O3S. The molecule has 0 aliphatic carbocycles. The Hall–Kier alpha value is -1.11. The highest BCUT2D eigenvalue weighted by Gasteiger charge is 2.16. The fourth-order valence-corrected chi connectivity index (χ4v) is 2.94. The third kappa shape index (κ3) is 5.18. The number of anilines is 1. The Labute approximate surface area is 115 Å². The van der Waals surface area contributed by atoms with Crippen LogP contribution in [0.4, 0.5) is 5.69 Å². The molecule has 3 N–H and O–H groups in total. The van der Waals surface area contributed by atoms with Crippen LogP contribution in [0.5, 0.6) is 0 Å². The number of benzene rings is 1. The van der Waals surface area contributed by atoms with Crippen LogP contribution in [-0.2, 0) is 10.0 Å². The van der Waals surface area contributed by atoms with Gasteiger partial charge in [-0.15, -0.1) is 0 Å². The molecule has 0 saturated heterocycles. The average Bonchev–Trinajstić information content (AvgIpc) is 2.42. The number of hydrogen-bond donors (Lipinski definition) is 3. The summed E-state index contributed by atoms with van der Waals surface area (Å²) in [6.07, 6.45) is 2.26. The lowest BCUT2D eigenvalue weighted by atomic mass is 10.3. The third-order valence-electron chi connectivity index (χ3n) is 2.62. The van der Waals surface area contributed by atoms with Crippen LogP contribution in [0.15, 0.2) is 29.2 Å². The van der Waals surface area contributed by atoms with E-state index in [-0.39, 0.29) is 11.5 Å². The summed E-state index contributed by atoms with van der Waals surface area (Å²) < 4.78 is 26.8. The number of sulfonamides is 1. The lowest BCUT2D eigenvalue weighted by molar-refractivity contribution is 0.286. The molecule has 0 radical (unpaired) electrons. The van der Waals surface area contributed by atoms with E-state index >= 15 is 0 Å². The SMILES string of the molecule is CCCNS(=O)(=O)c1ccccc1NCCCCO. The molecule has 0 fully saturated rings. The van der Waals surface area contributed by atoms with Crippen LogP contribution in [-0.4, -0.2) is 33.2 Å². The molecule has 0 aliphatic rings. The molecule has 0 amide bonds. The fourth-order valence-electron chi connectivity index (χ4n) is 1.62. The molecular weight excluding hydrogens is 264 g/mol. The van der Waals surface area contributed by atoms with Crippen molar-refractivity contribution < 1.29 is 13.5 Å². The van der Waals surface area contributed by atoms with Crippen molar-refractivity contribution in [2.24, 2.45) is 0 Å². The topological polar surface area (TPSA) is 78.4 Å². The van der Waals surface area contributed by atoms with E-state index in [2.05, 4.69) is 10.0 Å². The summed E-state index contributed by atoms with van der Waals surface area (Å²) in [7, 11) is -3.46. The molecule has 19 heavy (non-hydrogen) atoms. The standard InChI is InChI=1S/C13H22N2O3S/c1-2-9-15-19(17,18)13-8-4-3-7-12(13)14-10-5-6-11-16/h3-4,7-8,14-16H,2,5-6,9-11H2,1H3. The Balaban J connectivity index is 2.77. The van der Waals surface area contributed by atoms with Crippen LogP contribution in [0.2, 0.25) is 0 Å². The van der Waals surface area contributed by atoms with Crippen LogP contribution in [0.25, 0.3) is 0 Å². The highest BCUT2D eigenvalue weighted by atomic mass is 32.2. The summed E-state index contributed by atoms with van der Waals surface area (Å²) in [5, 5.41) is 11.8. The van der Waals surface area contributed by atoms with Gasteiger partial charge in [-0.05, 0) is 31.4 Å². The second kappa shape index (κ2) is 8.14. The van der Waals surface area contributed by atoms with E-state index in [1.165, 1.54) is 0 Å². The molecule has 1 aromatic carbocycles. The first kappa shape index (κ1) is 15.9. The van der Waals surface area contributed by atoms with Crippen molar-refractivity contribution in [1.82, 2.24) is 4.72 Å². The van der Waals surface area contributed by atoms with E-state index in [0.717, 1.165) is 12.8 Å². The molecule has 0 saturated carbocycles. The maximum absolute atomic E-state index is 12.1. The van der Waals surface area contributed by atoms with Crippen LogP contribution < -0.4 is 10.0 Å². The Morgan fingerprint density at radius 3 is 2.58 bits per heavy atom. The normalized spacial score (nSPS) is 11.5. The summed E-state index contributed by atoms with van der Waals surface area (Å²) >= 11 is 0. The van der Waals surface area contributed by atoms with Crippen molar-refractivity contribution in [2.45, 2.75) is 31.1 Å². The fraction of sp³-hybridized carbons (Fsp3) is 0.538. The van der Waals surface area contributed by atoms with Crippen LogP contribution in [0.3, 0.4) is 0 Å². The van der Waals surface area contributed by atoms with Gasteiger partial charge in [-0.2, -0.15) is 0 Å². The number of aliphatic hydroxyl groups excluding tert-OH is 1. The smallest absolute Gasteiger partial charge is 0.242 e. The summed E-state index contributed by atoms with van der Waals surface area (Å²) in [5.41, 5.74) is 0.601. The Kier molecular flexibility index (Phi) is 6.83. The summed E-state index contributed by atoms with van der Waals surface area (Å²) in [5.74, 6) is 0. The summed E-state index contributed by atoms with van der Waals surface area (Å²) in [4.78, 5) is 0.271. The van der Waals surface area contributed by atoms with Crippen molar-refractivity contribution in [1.29, 1.82) is 0 Å². The van der Waals surface area contributed by atoms with Gasteiger partial charge in [0.15, 0.2) is 0 Å². The Morgan fingerprint density at radius 2 is 1.89 bits per heavy atom. The minimum absolute atomic E-state index is 0.152. The first-order valence-corrected chi connectivity index (χ1v) is 8.03. The Bertz CT molecular complexity index is 475. The van der Waals surface area contributed by atoms with E-state index in [9.17, 15) is 8.42 Å². The van der Waals surface area contributed by atoms with Crippen molar-refractivity contribution in [2.75, 3.05) is 25.0 Å². The van der Waals surface area contributed by atoms with Crippen molar-refractivity contribution >= 4 is 15.7 Å². The van der Waals surface area contributed by atoms with Gasteiger partial charge in [-0.3, -0.25) is 0 Å². The van der Waals surface area contributed by atoms with Crippen LogP contribution >= 0.6 is 0 Å². The van der Waals surface area contributed by atoms with Gasteiger partial charge in [0.05, 0.1) is 5.69 Å². The molecule has 5 nitrogen and oxygen atoms in total. The van der Waals surface area contributed by atoms with Gasteiger partial charge in [-0.1, -0.05) is 19.1 Å². The molecule has 0 aromatic heterocycles. The highest BCUT2D eigenvalue weighted by Crippen LogP contribution is 2.20. The van der Waals surface area contributed by atoms with Gasteiger partial charge in [0.2, 0.25) is 10.0 Å². The minimum Gasteiger partial charge on any atom is -0.396 e. The van der Waals surface area contributed by atoms with E-state index in [0.29, 0.717) is 25.2 Å². The number of nitrogens with one attached hydrogen (secondary N) is 2. The maximum atomic E-state index is 12.1. The third-order valence-corrected chi connectivity index (χ3v) is 4.14. The van der Waals surface area contributed by atoms with E-state index in [1.54, 1.807) is 24.3 Å². The van der Waals surface area contributed by atoms with Gasteiger partial charge in [0.1, 0.15) is 4.90 Å². The van der Waals surface area contributed by atoms with Gasteiger partial charge < -0.3 is 10.4 Å². The van der Waals surface area contributed by atoms with Crippen LogP contribution in [0.1, 0.15) is 26.2 Å². The average molecular weight is 286 g/mol. The predicted octanol–water partition coefficient (Wildman–Crippen LogP) is 1.56. The van der Waals surface area contributed by atoms with E-state index in [1.807, 2.05) is 6.92 Å². The van der Waals surface area contributed by atoms with E-state index < -0.39 is 10.0 Å². The highest BCUT2D eigenvalue weighted by molar-refractivity contribution is 7.89. The van der Waals surface area contributed by atoms with Crippen molar-refractivity contribution in [3.8, 4) is 0 Å². The van der Waals surface area contributed by atoms with Crippen molar-refractivity contribution in [3.63, 3.8) is 0 Å². The number of rotatable bonds is 9. The molecule has 1 rings (SSSR count). The van der Waals surface area contributed by atoms with Gasteiger partial charge >= 0.3 is 0 Å². The van der Waals surface area contributed by atoms with Crippen molar-refractivity contribution in [3.05, 3.63) is 24.3 Å². The Morgan fingerprint density at radius 1 is 1.16 bits per heavy atom. The zero-order valence-electron chi connectivity index (χ0n) is 11.2. The van der Waals surface area contributed by atoms with Gasteiger partial charge in [0, 0.05) is 19.7 Å². The summed E-state index contributed by atoms with van der Waals surface area (Å²) in [6.45, 7) is 3.14. The molecule has 1 aromatic rings. The number of unbranched alkanes of at least 4 members (excludes halogenated alkanes) is 1. The first-order chi connectivity index (χ1) is 9.11. The molecule has 0 aliphatic heterocycles. The number of aliphatic hydroxyl groups is 1. The first-order valence-electron chi connectivity index (χ1n) is 6.55. The largest absolute Gasteiger partial charge is 0.396 e. The van der Waals surface area contributed by atoms with Crippen LogP contribution in [0, 0.1) is 0 Å². The second-order valence-electron chi connectivity index (χ2n) is 4.25. The second-order valence-corrected chi connectivity index (χ2v) is 5.99. The molecule has 108 valence electrons. The zero-order chi connectivity index (χ0) is 14.1. The zero-order valence-corrected chi connectivity index (χ0v) is 12.0. The monoisotopic (exact) mass is 286 g/mol. The molecule has 6 heteroatoms. The maximum Gasteiger partial charge on any atom is 0.242 e. The molecule has 0 atom stereocenters. The molecule has 0 bridgehead atoms. The molecule has 0 unspecified atom stereocenters. The lowest BCUT2D eigenvalue weighted by Crippen LogP contribution is -2.25. The lowest BCUT2D eigenvalue weighted by Gasteiger charge is -2.12. The molecule has 0 spiro atoms.